The largest absolute Gasteiger partial charge is 0.373 e. The normalized spacial score (nSPS) is 41.0. The summed E-state index contributed by atoms with van der Waals surface area (Å²) in [5, 5.41) is 2.96. The summed E-state index contributed by atoms with van der Waals surface area (Å²) < 4.78 is 6.27. The average molecular weight is 391 g/mol. The molecule has 4 fully saturated rings. The molecule has 0 aromatic heterocycles. The second-order valence-corrected chi connectivity index (χ2v) is 9.67. The summed E-state index contributed by atoms with van der Waals surface area (Å²) in [5.41, 5.74) is 4.66. The SMILES string of the molecule is CC(=O)Nc1ccc2c(c1)C13CCN4CC5=CCO[C@H]6CC(=O)N2[C@H]1[C@H]6[C@H]5C[C@H]43. The van der Waals surface area contributed by atoms with Gasteiger partial charge < -0.3 is 15.0 Å². The third-order valence-corrected chi connectivity index (χ3v) is 8.63. The summed E-state index contributed by atoms with van der Waals surface area (Å²) in [6.45, 7) is 4.31. The van der Waals surface area contributed by atoms with Gasteiger partial charge in [0, 0.05) is 42.2 Å². The van der Waals surface area contributed by atoms with Crippen LogP contribution in [-0.4, -0.2) is 54.6 Å². The zero-order valence-electron chi connectivity index (χ0n) is 16.6. The first kappa shape index (κ1) is 16.6. The third-order valence-electron chi connectivity index (χ3n) is 8.63. The van der Waals surface area contributed by atoms with E-state index in [1.54, 1.807) is 6.92 Å². The summed E-state index contributed by atoms with van der Waals surface area (Å²) >= 11 is 0. The molecule has 6 aliphatic rings. The lowest BCUT2D eigenvalue weighted by atomic mass is 9.53. The minimum absolute atomic E-state index is 0.0246. The number of anilines is 2. The molecule has 29 heavy (non-hydrogen) atoms. The lowest BCUT2D eigenvalue weighted by molar-refractivity contribution is -0.132. The van der Waals surface area contributed by atoms with Crippen molar-refractivity contribution in [1.82, 2.24) is 4.90 Å². The molecule has 2 amide bonds. The van der Waals surface area contributed by atoms with Crippen LogP contribution < -0.4 is 10.2 Å². The molecule has 7 rings (SSSR count). The second kappa shape index (κ2) is 5.29. The number of amides is 2. The summed E-state index contributed by atoms with van der Waals surface area (Å²) in [4.78, 5) is 29.8. The van der Waals surface area contributed by atoms with Gasteiger partial charge in [-0.2, -0.15) is 0 Å². The lowest BCUT2D eigenvalue weighted by Gasteiger charge is -2.58. The maximum atomic E-state index is 13.4. The van der Waals surface area contributed by atoms with E-state index < -0.39 is 0 Å². The van der Waals surface area contributed by atoms with E-state index in [0.29, 0.717) is 30.9 Å². The molecule has 1 N–H and O–H groups in total. The fourth-order valence-electron chi connectivity index (χ4n) is 7.83. The molecule has 1 saturated carbocycles. The molecule has 0 radical (unpaired) electrons. The summed E-state index contributed by atoms with van der Waals surface area (Å²) in [6, 6.07) is 6.80. The first-order valence-electron chi connectivity index (χ1n) is 10.9. The number of nitrogens with zero attached hydrogens (tertiary/aromatic N) is 2. The molecule has 6 atom stereocenters. The Kier molecular flexibility index (Phi) is 3.03. The van der Waals surface area contributed by atoms with Crippen LogP contribution in [0.3, 0.4) is 0 Å². The summed E-state index contributed by atoms with van der Waals surface area (Å²) in [7, 11) is 0. The Bertz CT molecular complexity index is 1000. The molecule has 150 valence electrons. The lowest BCUT2D eigenvalue weighted by Crippen LogP contribution is -2.69. The molecule has 1 aromatic carbocycles. The highest BCUT2D eigenvalue weighted by Gasteiger charge is 2.71. The van der Waals surface area contributed by atoms with E-state index in [1.807, 2.05) is 6.07 Å². The van der Waals surface area contributed by atoms with Crippen molar-refractivity contribution in [3.63, 3.8) is 0 Å². The van der Waals surface area contributed by atoms with Gasteiger partial charge in [-0.05, 0) is 49.1 Å². The first-order chi connectivity index (χ1) is 14.1. The van der Waals surface area contributed by atoms with Crippen LogP contribution in [0.25, 0.3) is 0 Å². The third kappa shape index (κ3) is 1.86. The van der Waals surface area contributed by atoms with Crippen LogP contribution in [-0.2, 0) is 19.7 Å². The monoisotopic (exact) mass is 391 g/mol. The fourth-order valence-corrected chi connectivity index (χ4v) is 7.83. The number of nitrogens with one attached hydrogen (secondary N) is 1. The quantitative estimate of drug-likeness (QED) is 0.745. The second-order valence-electron chi connectivity index (χ2n) is 9.67. The van der Waals surface area contributed by atoms with Gasteiger partial charge in [0.1, 0.15) is 0 Å². The zero-order chi connectivity index (χ0) is 19.5. The number of ether oxygens (including phenoxy) is 1. The predicted octanol–water partition coefficient (Wildman–Crippen LogP) is 2.05. The molecule has 1 unspecified atom stereocenters. The smallest absolute Gasteiger partial charge is 0.229 e. The van der Waals surface area contributed by atoms with Crippen LogP contribution in [0.5, 0.6) is 0 Å². The number of hydrogen-bond donors (Lipinski definition) is 1. The van der Waals surface area contributed by atoms with Crippen molar-refractivity contribution in [2.24, 2.45) is 11.8 Å². The zero-order valence-corrected chi connectivity index (χ0v) is 16.6. The molecule has 5 aliphatic heterocycles. The van der Waals surface area contributed by atoms with E-state index in [4.69, 9.17) is 4.74 Å². The maximum absolute atomic E-state index is 13.4. The van der Waals surface area contributed by atoms with Gasteiger partial charge in [0.15, 0.2) is 0 Å². The van der Waals surface area contributed by atoms with Crippen molar-refractivity contribution in [3.8, 4) is 0 Å². The number of piperidine rings is 2. The Hall–Kier alpha value is -2.18. The average Bonchev–Trinajstić information content (AvgIpc) is 3.15. The molecule has 2 bridgehead atoms. The van der Waals surface area contributed by atoms with E-state index >= 15 is 0 Å². The van der Waals surface area contributed by atoms with E-state index in [-0.39, 0.29) is 29.4 Å². The van der Waals surface area contributed by atoms with E-state index in [0.717, 1.165) is 30.9 Å². The van der Waals surface area contributed by atoms with Crippen LogP contribution in [0.4, 0.5) is 11.4 Å². The van der Waals surface area contributed by atoms with Crippen LogP contribution in [0, 0.1) is 11.8 Å². The van der Waals surface area contributed by atoms with E-state index in [2.05, 4.69) is 33.3 Å². The fraction of sp³-hybridized carbons (Fsp3) is 0.565. The van der Waals surface area contributed by atoms with E-state index in [1.165, 1.54) is 17.6 Å². The van der Waals surface area contributed by atoms with Crippen LogP contribution >= 0.6 is 0 Å². The molecular weight excluding hydrogens is 366 g/mol. The van der Waals surface area contributed by atoms with Gasteiger partial charge in [0.2, 0.25) is 11.8 Å². The van der Waals surface area contributed by atoms with Crippen molar-refractivity contribution in [3.05, 3.63) is 35.4 Å². The predicted molar refractivity (Wildman–Crippen MR) is 108 cm³/mol. The van der Waals surface area contributed by atoms with Crippen LogP contribution in [0.15, 0.2) is 29.8 Å². The van der Waals surface area contributed by atoms with Crippen LogP contribution in [0.2, 0.25) is 0 Å². The highest BCUT2D eigenvalue weighted by Crippen LogP contribution is 2.65. The molecule has 1 aromatic rings. The Labute approximate surface area is 169 Å². The summed E-state index contributed by atoms with van der Waals surface area (Å²) in [5.74, 6) is 1.04. The Morgan fingerprint density at radius 3 is 3.10 bits per heavy atom. The number of carbonyl (C=O) groups excluding carboxylic acids is 2. The molecule has 3 saturated heterocycles. The molecule has 1 spiro atoms. The number of rotatable bonds is 1. The van der Waals surface area contributed by atoms with Crippen molar-refractivity contribution < 1.29 is 14.3 Å². The minimum atomic E-state index is -0.0596. The Balaban J connectivity index is 1.48. The number of fused-ring (bicyclic) bond motifs is 2. The number of hydrogen-bond acceptors (Lipinski definition) is 4. The Morgan fingerprint density at radius 1 is 1.34 bits per heavy atom. The van der Waals surface area contributed by atoms with Crippen molar-refractivity contribution in [2.75, 3.05) is 29.9 Å². The highest BCUT2D eigenvalue weighted by molar-refractivity contribution is 6.00. The number of carbonyl (C=O) groups is 2. The Morgan fingerprint density at radius 2 is 2.24 bits per heavy atom. The minimum Gasteiger partial charge on any atom is -0.373 e. The van der Waals surface area contributed by atoms with Crippen LogP contribution in [0.1, 0.15) is 31.7 Å². The first-order valence-corrected chi connectivity index (χ1v) is 10.9. The maximum Gasteiger partial charge on any atom is 0.229 e. The topological polar surface area (TPSA) is 61.9 Å². The van der Waals surface area contributed by atoms with Crippen molar-refractivity contribution in [1.29, 1.82) is 0 Å². The van der Waals surface area contributed by atoms with Gasteiger partial charge in [-0.1, -0.05) is 11.6 Å². The molecule has 5 heterocycles. The highest BCUT2D eigenvalue weighted by atomic mass is 16.5. The number of benzene rings is 1. The molecule has 1 aliphatic carbocycles. The van der Waals surface area contributed by atoms with Crippen molar-refractivity contribution in [2.45, 2.75) is 49.8 Å². The van der Waals surface area contributed by atoms with E-state index in [9.17, 15) is 9.59 Å². The van der Waals surface area contributed by atoms with Gasteiger partial charge >= 0.3 is 0 Å². The summed E-state index contributed by atoms with van der Waals surface area (Å²) in [6.07, 6.45) is 5.05. The van der Waals surface area contributed by atoms with Gasteiger partial charge in [0.25, 0.3) is 0 Å². The van der Waals surface area contributed by atoms with Gasteiger partial charge in [0.05, 0.1) is 25.2 Å². The van der Waals surface area contributed by atoms with Gasteiger partial charge in [-0.25, -0.2) is 0 Å². The standard InChI is InChI=1S/C23H25N3O3/c1-12(27)24-14-2-3-17-16(8-14)23-5-6-25-11-13-4-7-29-18-10-20(28)26(17)22(23)21(18)15(13)9-19(23)25/h2-4,8,15,18-19,21-22H,5-7,9-11H2,1H3,(H,24,27)/t15-,18-,19-,21-,22-,23?/m0/s1. The van der Waals surface area contributed by atoms with Gasteiger partial charge in [-0.3, -0.25) is 14.5 Å². The molecular formula is C23H25N3O3. The molecule has 6 heteroatoms. The van der Waals surface area contributed by atoms with Crippen molar-refractivity contribution >= 4 is 23.2 Å². The van der Waals surface area contributed by atoms with Gasteiger partial charge in [-0.15, -0.1) is 0 Å². The molecule has 6 nitrogen and oxygen atoms in total.